The van der Waals surface area contributed by atoms with E-state index in [2.05, 4.69) is 29.4 Å². The molecule has 0 aliphatic carbocycles. The summed E-state index contributed by atoms with van der Waals surface area (Å²) in [5.41, 5.74) is 4.72. The first kappa shape index (κ1) is 13.4. The Morgan fingerprint density at radius 2 is 2.24 bits per heavy atom. The number of carbonyl (C=O) groups is 1. The van der Waals surface area contributed by atoms with Crippen LogP contribution in [0.5, 0.6) is 0 Å². The van der Waals surface area contributed by atoms with E-state index >= 15 is 0 Å². The minimum absolute atomic E-state index is 0.258. The van der Waals surface area contributed by atoms with E-state index in [1.807, 2.05) is 19.9 Å². The number of hydrazone groups is 1. The van der Waals surface area contributed by atoms with Crippen LogP contribution in [0.4, 0.5) is 0 Å². The van der Waals surface area contributed by atoms with E-state index in [9.17, 15) is 4.79 Å². The first-order valence-electron chi connectivity index (χ1n) is 5.75. The summed E-state index contributed by atoms with van der Waals surface area (Å²) < 4.78 is 0. The maximum atomic E-state index is 11.8. The highest BCUT2D eigenvalue weighted by Crippen LogP contribution is 2.03. The Hall–Kier alpha value is -1.71. The van der Waals surface area contributed by atoms with Crippen LogP contribution in [0, 0.1) is 12.8 Å². The molecule has 0 radical (unpaired) electrons. The smallest absolute Gasteiger partial charge is 0.266 e. The fraction of sp³-hybridized carbons (Fsp3) is 0.462. The summed E-state index contributed by atoms with van der Waals surface area (Å²) in [6.45, 7) is 7.99. The highest BCUT2D eigenvalue weighted by Gasteiger charge is 2.08. The summed E-state index contributed by atoms with van der Waals surface area (Å²) in [7, 11) is 0. The van der Waals surface area contributed by atoms with Crippen LogP contribution in [0.3, 0.4) is 0 Å². The predicted octanol–water partition coefficient (Wildman–Crippen LogP) is 2.54. The number of nitrogens with zero attached hydrogens (tertiary/aromatic N) is 2. The predicted molar refractivity (Wildman–Crippen MR) is 69.0 cm³/mol. The summed E-state index contributed by atoms with van der Waals surface area (Å²) in [6.07, 6.45) is 2.48. The number of carbonyl (C=O) groups excluding carboxylic acids is 1. The molecule has 0 saturated heterocycles. The molecule has 92 valence electrons. The Morgan fingerprint density at radius 1 is 1.53 bits per heavy atom. The van der Waals surface area contributed by atoms with Gasteiger partial charge in [0.05, 0.1) is 0 Å². The fourth-order valence-corrected chi connectivity index (χ4v) is 1.56. The number of hydrogen-bond donors (Lipinski definition) is 1. The lowest BCUT2D eigenvalue weighted by molar-refractivity contribution is 0.0949. The standard InChI is InChI=1S/C13H19N3O/c1-9(2)8-11(4)15-16-13(17)12-10(3)6-5-7-14-12/h5-7,9H,8H2,1-4H3,(H,16,17). The third-order valence-corrected chi connectivity index (χ3v) is 2.28. The first-order chi connectivity index (χ1) is 8.00. The van der Waals surface area contributed by atoms with Crippen molar-refractivity contribution in [2.24, 2.45) is 11.0 Å². The molecule has 0 unspecified atom stereocenters. The quantitative estimate of drug-likeness (QED) is 0.641. The van der Waals surface area contributed by atoms with Crippen molar-refractivity contribution in [2.45, 2.75) is 34.1 Å². The SMILES string of the molecule is CC(CC(C)C)=NNC(=O)c1ncccc1C. The van der Waals surface area contributed by atoms with Crippen molar-refractivity contribution in [2.75, 3.05) is 0 Å². The molecule has 1 rings (SSSR count). The van der Waals surface area contributed by atoms with Gasteiger partial charge in [-0.2, -0.15) is 5.10 Å². The van der Waals surface area contributed by atoms with Crippen LogP contribution in [0.25, 0.3) is 0 Å². The van der Waals surface area contributed by atoms with E-state index in [4.69, 9.17) is 0 Å². The van der Waals surface area contributed by atoms with Crippen LogP contribution in [-0.4, -0.2) is 16.6 Å². The Bertz CT molecular complexity index is 424. The maximum Gasteiger partial charge on any atom is 0.290 e. The van der Waals surface area contributed by atoms with Gasteiger partial charge in [0.2, 0.25) is 0 Å². The van der Waals surface area contributed by atoms with E-state index in [-0.39, 0.29) is 5.91 Å². The van der Waals surface area contributed by atoms with Crippen LogP contribution in [0.2, 0.25) is 0 Å². The van der Waals surface area contributed by atoms with E-state index < -0.39 is 0 Å². The largest absolute Gasteiger partial charge is 0.290 e. The number of nitrogens with one attached hydrogen (secondary N) is 1. The minimum atomic E-state index is -0.258. The van der Waals surface area contributed by atoms with Gasteiger partial charge in [0.15, 0.2) is 0 Å². The van der Waals surface area contributed by atoms with Gasteiger partial charge in [-0.05, 0) is 37.8 Å². The zero-order valence-electron chi connectivity index (χ0n) is 10.8. The van der Waals surface area contributed by atoms with Gasteiger partial charge in [0.25, 0.3) is 5.91 Å². The van der Waals surface area contributed by atoms with Crippen molar-refractivity contribution in [1.82, 2.24) is 10.4 Å². The van der Waals surface area contributed by atoms with Gasteiger partial charge in [-0.3, -0.25) is 9.78 Å². The molecule has 0 atom stereocenters. The molecule has 1 N–H and O–H groups in total. The number of hydrogen-bond acceptors (Lipinski definition) is 3. The second-order valence-corrected chi connectivity index (χ2v) is 4.55. The molecular formula is C13H19N3O. The van der Waals surface area contributed by atoms with Gasteiger partial charge in [-0.1, -0.05) is 19.9 Å². The first-order valence-corrected chi connectivity index (χ1v) is 5.75. The van der Waals surface area contributed by atoms with Crippen LogP contribution in [-0.2, 0) is 0 Å². The summed E-state index contributed by atoms with van der Waals surface area (Å²) >= 11 is 0. The van der Waals surface area contributed by atoms with E-state index in [1.54, 1.807) is 12.3 Å². The fourth-order valence-electron chi connectivity index (χ4n) is 1.56. The van der Waals surface area contributed by atoms with Crippen molar-refractivity contribution < 1.29 is 4.79 Å². The van der Waals surface area contributed by atoms with E-state index in [0.29, 0.717) is 11.6 Å². The highest BCUT2D eigenvalue weighted by atomic mass is 16.2. The molecule has 0 bridgehead atoms. The monoisotopic (exact) mass is 233 g/mol. The minimum Gasteiger partial charge on any atom is -0.266 e. The molecule has 4 heteroatoms. The highest BCUT2D eigenvalue weighted by molar-refractivity contribution is 5.94. The molecule has 0 aromatic carbocycles. The number of aromatic nitrogens is 1. The Kier molecular flexibility index (Phi) is 4.82. The summed E-state index contributed by atoms with van der Waals surface area (Å²) in [6, 6.07) is 3.66. The molecule has 0 fully saturated rings. The molecule has 0 spiro atoms. The number of amides is 1. The van der Waals surface area contributed by atoms with Gasteiger partial charge < -0.3 is 0 Å². The zero-order valence-corrected chi connectivity index (χ0v) is 10.8. The van der Waals surface area contributed by atoms with Crippen LogP contribution >= 0.6 is 0 Å². The second kappa shape index (κ2) is 6.13. The lowest BCUT2D eigenvalue weighted by Gasteiger charge is -2.05. The molecule has 0 aliphatic heterocycles. The van der Waals surface area contributed by atoms with Gasteiger partial charge in [-0.15, -0.1) is 0 Å². The Labute approximate surface area is 102 Å². The van der Waals surface area contributed by atoms with Crippen molar-refractivity contribution in [3.8, 4) is 0 Å². The van der Waals surface area contributed by atoms with Crippen molar-refractivity contribution in [3.05, 3.63) is 29.6 Å². The Balaban J connectivity index is 2.65. The maximum absolute atomic E-state index is 11.8. The average Bonchev–Trinajstić information content (AvgIpc) is 2.25. The average molecular weight is 233 g/mol. The summed E-state index contributed by atoms with van der Waals surface area (Å²) in [5, 5.41) is 4.06. The van der Waals surface area contributed by atoms with Crippen molar-refractivity contribution in [1.29, 1.82) is 0 Å². The van der Waals surface area contributed by atoms with Gasteiger partial charge in [-0.25, -0.2) is 5.43 Å². The molecule has 1 aromatic heterocycles. The number of aryl methyl sites for hydroxylation is 1. The van der Waals surface area contributed by atoms with Gasteiger partial charge in [0.1, 0.15) is 5.69 Å². The zero-order chi connectivity index (χ0) is 12.8. The van der Waals surface area contributed by atoms with Gasteiger partial charge >= 0.3 is 0 Å². The van der Waals surface area contributed by atoms with Crippen LogP contribution < -0.4 is 5.43 Å². The van der Waals surface area contributed by atoms with Crippen LogP contribution in [0.1, 0.15) is 43.2 Å². The third kappa shape index (κ3) is 4.34. The molecule has 4 nitrogen and oxygen atoms in total. The molecule has 1 heterocycles. The van der Waals surface area contributed by atoms with E-state index in [1.165, 1.54) is 0 Å². The van der Waals surface area contributed by atoms with E-state index in [0.717, 1.165) is 17.7 Å². The molecule has 17 heavy (non-hydrogen) atoms. The topological polar surface area (TPSA) is 54.4 Å². The third-order valence-electron chi connectivity index (χ3n) is 2.28. The van der Waals surface area contributed by atoms with Crippen LogP contribution in [0.15, 0.2) is 23.4 Å². The van der Waals surface area contributed by atoms with Crippen molar-refractivity contribution in [3.63, 3.8) is 0 Å². The Morgan fingerprint density at radius 3 is 2.82 bits per heavy atom. The lowest BCUT2D eigenvalue weighted by atomic mass is 10.1. The molecule has 0 saturated carbocycles. The molecule has 0 aliphatic rings. The normalized spacial score (nSPS) is 11.7. The molecular weight excluding hydrogens is 214 g/mol. The van der Waals surface area contributed by atoms with Gasteiger partial charge in [0, 0.05) is 11.9 Å². The molecule has 1 amide bonds. The second-order valence-electron chi connectivity index (χ2n) is 4.55. The number of rotatable bonds is 4. The summed E-state index contributed by atoms with van der Waals surface area (Å²) in [5.74, 6) is 0.276. The van der Waals surface area contributed by atoms with Crippen molar-refractivity contribution >= 4 is 11.6 Å². The molecule has 1 aromatic rings. The summed E-state index contributed by atoms with van der Waals surface area (Å²) in [4.78, 5) is 15.8. The lowest BCUT2D eigenvalue weighted by Crippen LogP contribution is -2.21. The number of pyridine rings is 1.